The van der Waals surface area contributed by atoms with Crippen molar-refractivity contribution in [1.82, 2.24) is 0 Å². The number of nitrogens with one attached hydrogen (secondary N) is 1. The van der Waals surface area contributed by atoms with Gasteiger partial charge in [-0.1, -0.05) is 29.8 Å². The highest BCUT2D eigenvalue weighted by molar-refractivity contribution is 5.93. The maximum absolute atomic E-state index is 10.3. The molecule has 0 spiro atoms. The van der Waals surface area contributed by atoms with E-state index in [9.17, 15) is 5.11 Å². The minimum atomic E-state index is 0.373. The standard InChI is InChI=1S/C19H19NO/c1-12-4-7-16(8-5-12)20-17-9-6-15-10-13(2)14(3)19(21)18(15)11-17/h4-11,20-21H,1-3H3. The monoisotopic (exact) mass is 277 g/mol. The van der Waals surface area contributed by atoms with Crippen LogP contribution in [0.3, 0.4) is 0 Å². The van der Waals surface area contributed by atoms with E-state index in [4.69, 9.17) is 0 Å². The zero-order chi connectivity index (χ0) is 15.0. The van der Waals surface area contributed by atoms with Gasteiger partial charge in [0.15, 0.2) is 0 Å². The van der Waals surface area contributed by atoms with Gasteiger partial charge in [0.25, 0.3) is 0 Å². The molecule has 21 heavy (non-hydrogen) atoms. The first-order valence-electron chi connectivity index (χ1n) is 7.11. The molecular weight excluding hydrogens is 258 g/mol. The molecule has 0 amide bonds. The average Bonchev–Trinajstić information content (AvgIpc) is 2.48. The van der Waals surface area contributed by atoms with Crippen molar-refractivity contribution in [1.29, 1.82) is 0 Å². The predicted molar refractivity (Wildman–Crippen MR) is 89.5 cm³/mol. The first kappa shape index (κ1) is 13.5. The summed E-state index contributed by atoms with van der Waals surface area (Å²) in [4.78, 5) is 0. The second kappa shape index (κ2) is 5.13. The number of hydrogen-bond donors (Lipinski definition) is 2. The third-order valence-corrected chi connectivity index (χ3v) is 3.97. The smallest absolute Gasteiger partial charge is 0.126 e. The molecule has 2 heteroatoms. The van der Waals surface area contributed by atoms with Gasteiger partial charge >= 0.3 is 0 Å². The maximum atomic E-state index is 10.3. The number of hydrogen-bond acceptors (Lipinski definition) is 2. The highest BCUT2D eigenvalue weighted by atomic mass is 16.3. The summed E-state index contributed by atoms with van der Waals surface area (Å²) in [7, 11) is 0. The van der Waals surface area contributed by atoms with Crippen LogP contribution in [0, 0.1) is 20.8 Å². The number of phenols is 1. The lowest BCUT2D eigenvalue weighted by Gasteiger charge is -2.11. The number of aryl methyl sites for hydroxylation is 2. The third-order valence-electron chi connectivity index (χ3n) is 3.97. The van der Waals surface area contributed by atoms with Gasteiger partial charge in [0, 0.05) is 16.8 Å². The van der Waals surface area contributed by atoms with Crippen LogP contribution in [-0.2, 0) is 0 Å². The van der Waals surface area contributed by atoms with Crippen LogP contribution >= 0.6 is 0 Å². The second-order valence-corrected chi connectivity index (χ2v) is 5.59. The Morgan fingerprint density at radius 2 is 1.48 bits per heavy atom. The van der Waals surface area contributed by atoms with Gasteiger partial charge < -0.3 is 10.4 Å². The zero-order valence-corrected chi connectivity index (χ0v) is 12.6. The fraction of sp³-hybridized carbons (Fsp3) is 0.158. The lowest BCUT2D eigenvalue weighted by Crippen LogP contribution is -1.91. The SMILES string of the molecule is Cc1ccc(Nc2ccc3cc(C)c(C)c(O)c3c2)cc1. The molecule has 0 aliphatic carbocycles. The molecule has 0 radical (unpaired) electrons. The molecule has 2 nitrogen and oxygen atoms in total. The van der Waals surface area contributed by atoms with Crippen molar-refractivity contribution in [3.63, 3.8) is 0 Å². The third kappa shape index (κ3) is 2.57. The molecule has 0 saturated carbocycles. The second-order valence-electron chi connectivity index (χ2n) is 5.59. The van der Waals surface area contributed by atoms with Crippen LogP contribution in [0.2, 0.25) is 0 Å². The van der Waals surface area contributed by atoms with Gasteiger partial charge in [0.1, 0.15) is 5.75 Å². The summed E-state index contributed by atoms with van der Waals surface area (Å²) in [6.45, 7) is 6.04. The molecule has 0 fully saturated rings. The van der Waals surface area contributed by atoms with Crippen LogP contribution in [0.4, 0.5) is 11.4 Å². The molecule has 0 saturated heterocycles. The number of fused-ring (bicyclic) bond motifs is 1. The Bertz CT molecular complexity index is 804. The van der Waals surface area contributed by atoms with Crippen molar-refractivity contribution in [2.45, 2.75) is 20.8 Å². The highest BCUT2D eigenvalue weighted by Gasteiger charge is 2.07. The van der Waals surface area contributed by atoms with Gasteiger partial charge in [-0.3, -0.25) is 0 Å². The van der Waals surface area contributed by atoms with E-state index in [1.165, 1.54) is 5.56 Å². The van der Waals surface area contributed by atoms with E-state index in [2.05, 4.69) is 42.6 Å². The summed E-state index contributed by atoms with van der Waals surface area (Å²) in [6, 6.07) is 16.5. The Morgan fingerprint density at radius 3 is 2.19 bits per heavy atom. The van der Waals surface area contributed by atoms with Crippen LogP contribution < -0.4 is 5.32 Å². The summed E-state index contributed by atoms with van der Waals surface area (Å²) in [5.41, 5.74) is 5.31. The molecule has 0 aliphatic heterocycles. The van der Waals surface area contributed by atoms with Gasteiger partial charge in [-0.25, -0.2) is 0 Å². The van der Waals surface area contributed by atoms with Crippen LogP contribution in [-0.4, -0.2) is 5.11 Å². The zero-order valence-electron chi connectivity index (χ0n) is 12.6. The van der Waals surface area contributed by atoms with E-state index < -0.39 is 0 Å². The molecule has 3 rings (SSSR count). The number of anilines is 2. The Hall–Kier alpha value is -2.48. The summed E-state index contributed by atoms with van der Waals surface area (Å²) < 4.78 is 0. The van der Waals surface area contributed by atoms with E-state index >= 15 is 0 Å². The van der Waals surface area contributed by atoms with Gasteiger partial charge in [-0.15, -0.1) is 0 Å². The summed E-state index contributed by atoms with van der Waals surface area (Å²) in [5.74, 6) is 0.373. The van der Waals surface area contributed by atoms with Crippen molar-refractivity contribution in [2.24, 2.45) is 0 Å². The maximum Gasteiger partial charge on any atom is 0.126 e. The molecule has 0 atom stereocenters. The van der Waals surface area contributed by atoms with Gasteiger partial charge in [-0.2, -0.15) is 0 Å². The van der Waals surface area contributed by atoms with Crippen LogP contribution in [0.1, 0.15) is 16.7 Å². The van der Waals surface area contributed by atoms with Crippen LogP contribution in [0.5, 0.6) is 5.75 Å². The largest absolute Gasteiger partial charge is 0.507 e. The summed E-state index contributed by atoms with van der Waals surface area (Å²) in [6.07, 6.45) is 0. The van der Waals surface area contributed by atoms with Gasteiger partial charge in [0.05, 0.1) is 0 Å². The van der Waals surface area contributed by atoms with Crippen molar-refractivity contribution in [2.75, 3.05) is 5.32 Å². The Morgan fingerprint density at radius 1 is 0.810 bits per heavy atom. The van der Waals surface area contributed by atoms with Gasteiger partial charge in [0.2, 0.25) is 0 Å². The molecule has 0 aromatic heterocycles. The molecular formula is C19H19NO. The van der Waals surface area contributed by atoms with Crippen molar-refractivity contribution >= 4 is 22.1 Å². The molecule has 3 aromatic carbocycles. The normalized spacial score (nSPS) is 10.8. The molecule has 0 heterocycles. The number of benzene rings is 3. The average molecular weight is 277 g/mol. The molecule has 0 bridgehead atoms. The van der Waals surface area contributed by atoms with Crippen LogP contribution in [0.25, 0.3) is 10.8 Å². The molecule has 2 N–H and O–H groups in total. The van der Waals surface area contributed by atoms with E-state index in [-0.39, 0.29) is 0 Å². The van der Waals surface area contributed by atoms with E-state index in [1.807, 2.05) is 32.0 Å². The lowest BCUT2D eigenvalue weighted by molar-refractivity contribution is 0.477. The van der Waals surface area contributed by atoms with E-state index in [1.54, 1.807) is 0 Å². The summed E-state index contributed by atoms with van der Waals surface area (Å²) >= 11 is 0. The highest BCUT2D eigenvalue weighted by Crippen LogP contribution is 2.33. The fourth-order valence-corrected chi connectivity index (χ4v) is 2.50. The van der Waals surface area contributed by atoms with Crippen molar-refractivity contribution in [3.8, 4) is 5.75 Å². The first-order valence-corrected chi connectivity index (χ1v) is 7.11. The van der Waals surface area contributed by atoms with E-state index in [0.717, 1.165) is 33.3 Å². The minimum absolute atomic E-state index is 0.373. The Kier molecular flexibility index (Phi) is 3.30. The molecule has 0 aliphatic rings. The first-order chi connectivity index (χ1) is 10.0. The quantitative estimate of drug-likeness (QED) is 0.673. The molecule has 106 valence electrons. The van der Waals surface area contributed by atoms with E-state index in [0.29, 0.717) is 5.75 Å². The van der Waals surface area contributed by atoms with Crippen molar-refractivity contribution in [3.05, 3.63) is 65.2 Å². The fourth-order valence-electron chi connectivity index (χ4n) is 2.50. The molecule has 0 unspecified atom stereocenters. The predicted octanol–water partition coefficient (Wildman–Crippen LogP) is 5.21. The lowest BCUT2D eigenvalue weighted by atomic mass is 10.0. The Balaban J connectivity index is 2.02. The van der Waals surface area contributed by atoms with Gasteiger partial charge in [-0.05, 0) is 61.5 Å². The molecule has 3 aromatic rings. The van der Waals surface area contributed by atoms with Crippen LogP contribution in [0.15, 0.2) is 48.5 Å². The number of aromatic hydroxyl groups is 1. The Labute approximate surface area is 125 Å². The minimum Gasteiger partial charge on any atom is -0.507 e. The summed E-state index contributed by atoms with van der Waals surface area (Å²) in [5, 5.41) is 15.7. The topological polar surface area (TPSA) is 32.3 Å². The number of phenolic OH excluding ortho intramolecular Hbond substituents is 1. The number of rotatable bonds is 2. The van der Waals surface area contributed by atoms with Crippen molar-refractivity contribution < 1.29 is 5.11 Å².